The van der Waals surface area contributed by atoms with Gasteiger partial charge in [0.05, 0.1) is 6.61 Å². The average Bonchev–Trinajstić information content (AvgIpc) is 3.29. The van der Waals surface area contributed by atoms with E-state index in [9.17, 15) is 0 Å². The van der Waals surface area contributed by atoms with Gasteiger partial charge in [0.1, 0.15) is 18.5 Å². The van der Waals surface area contributed by atoms with Crippen LogP contribution in [-0.4, -0.2) is 19.3 Å². The summed E-state index contributed by atoms with van der Waals surface area (Å²) in [6.07, 6.45) is 12.6. The minimum atomic E-state index is 0.311. The number of hydrogen-bond donors (Lipinski definition) is 0. The smallest absolute Gasteiger partial charge is 0.126 e. The number of benzene rings is 1. The van der Waals surface area contributed by atoms with E-state index in [1.54, 1.807) is 0 Å². The van der Waals surface area contributed by atoms with Crippen LogP contribution < -0.4 is 4.74 Å². The zero-order valence-electron chi connectivity index (χ0n) is 12.5. The fourth-order valence-electron chi connectivity index (χ4n) is 2.17. The van der Waals surface area contributed by atoms with Gasteiger partial charge in [-0.1, -0.05) is 63.0 Å². The largest absolute Gasteiger partial charge is 0.490 e. The van der Waals surface area contributed by atoms with Gasteiger partial charge in [0, 0.05) is 5.56 Å². The molecule has 2 heteroatoms. The average molecular weight is 274 g/mol. The van der Waals surface area contributed by atoms with Gasteiger partial charge in [-0.2, -0.15) is 0 Å². The second-order valence-electron chi connectivity index (χ2n) is 5.41. The number of epoxide rings is 1. The van der Waals surface area contributed by atoms with Crippen molar-refractivity contribution in [2.24, 2.45) is 0 Å². The molecular formula is C18H26O2. The molecule has 1 heterocycles. The first-order chi connectivity index (χ1) is 9.90. The fourth-order valence-corrected chi connectivity index (χ4v) is 2.17. The van der Waals surface area contributed by atoms with Gasteiger partial charge >= 0.3 is 0 Å². The number of unbranched alkanes of at least 4 members (excludes halogenated alkanes) is 5. The number of ether oxygens (including phenoxy) is 2. The Bertz CT molecular complexity index is 408. The molecular weight excluding hydrogens is 248 g/mol. The van der Waals surface area contributed by atoms with Gasteiger partial charge in [0.25, 0.3) is 0 Å². The van der Waals surface area contributed by atoms with Crippen molar-refractivity contribution in [1.29, 1.82) is 0 Å². The second kappa shape index (κ2) is 8.80. The van der Waals surface area contributed by atoms with Crippen LogP contribution in [-0.2, 0) is 4.74 Å². The monoisotopic (exact) mass is 274 g/mol. The third-order valence-electron chi connectivity index (χ3n) is 3.52. The molecule has 0 aliphatic carbocycles. The Morgan fingerprint density at radius 3 is 2.80 bits per heavy atom. The number of para-hydroxylation sites is 1. The van der Waals surface area contributed by atoms with E-state index in [4.69, 9.17) is 9.47 Å². The molecule has 1 aliphatic rings. The summed E-state index contributed by atoms with van der Waals surface area (Å²) >= 11 is 0. The predicted molar refractivity (Wildman–Crippen MR) is 84.1 cm³/mol. The molecule has 2 rings (SSSR count). The maximum atomic E-state index is 5.79. The molecule has 1 saturated heterocycles. The molecule has 1 aliphatic heterocycles. The van der Waals surface area contributed by atoms with Crippen LogP contribution in [0.1, 0.15) is 51.0 Å². The van der Waals surface area contributed by atoms with Crippen LogP contribution in [0.4, 0.5) is 0 Å². The molecule has 1 fully saturated rings. The predicted octanol–water partition coefficient (Wildman–Crippen LogP) is 4.84. The van der Waals surface area contributed by atoms with E-state index in [0.717, 1.165) is 18.8 Å². The molecule has 0 radical (unpaired) electrons. The summed E-state index contributed by atoms with van der Waals surface area (Å²) in [6.45, 7) is 3.77. The van der Waals surface area contributed by atoms with Crippen molar-refractivity contribution in [3.63, 3.8) is 0 Å². The van der Waals surface area contributed by atoms with Crippen LogP contribution in [0, 0.1) is 0 Å². The Morgan fingerprint density at radius 2 is 2.00 bits per heavy atom. The molecule has 2 nitrogen and oxygen atoms in total. The SMILES string of the molecule is CCCCCCC/C=C/c1ccccc1OCC1CO1. The van der Waals surface area contributed by atoms with Crippen molar-refractivity contribution in [3.8, 4) is 5.75 Å². The summed E-state index contributed by atoms with van der Waals surface area (Å²) in [6, 6.07) is 8.21. The van der Waals surface area contributed by atoms with Crippen molar-refractivity contribution in [3.05, 3.63) is 35.9 Å². The van der Waals surface area contributed by atoms with E-state index >= 15 is 0 Å². The van der Waals surface area contributed by atoms with Crippen LogP contribution in [0.15, 0.2) is 30.3 Å². The molecule has 110 valence electrons. The maximum absolute atomic E-state index is 5.79. The van der Waals surface area contributed by atoms with Gasteiger partial charge in [-0.15, -0.1) is 0 Å². The van der Waals surface area contributed by atoms with Crippen LogP contribution in [0.25, 0.3) is 6.08 Å². The topological polar surface area (TPSA) is 21.8 Å². The highest BCUT2D eigenvalue weighted by Gasteiger charge is 2.23. The van der Waals surface area contributed by atoms with Gasteiger partial charge < -0.3 is 9.47 Å². The molecule has 20 heavy (non-hydrogen) atoms. The van der Waals surface area contributed by atoms with E-state index in [0.29, 0.717) is 12.7 Å². The first-order valence-corrected chi connectivity index (χ1v) is 7.90. The van der Waals surface area contributed by atoms with Gasteiger partial charge in [-0.3, -0.25) is 0 Å². The molecule has 0 saturated carbocycles. The third-order valence-corrected chi connectivity index (χ3v) is 3.52. The van der Waals surface area contributed by atoms with Crippen LogP contribution >= 0.6 is 0 Å². The van der Waals surface area contributed by atoms with Crippen molar-refractivity contribution >= 4 is 6.08 Å². The van der Waals surface area contributed by atoms with Crippen LogP contribution in [0.3, 0.4) is 0 Å². The highest BCUT2D eigenvalue weighted by atomic mass is 16.6. The van der Waals surface area contributed by atoms with Gasteiger partial charge in [-0.25, -0.2) is 0 Å². The minimum absolute atomic E-state index is 0.311. The zero-order valence-corrected chi connectivity index (χ0v) is 12.5. The van der Waals surface area contributed by atoms with Gasteiger partial charge in [0.15, 0.2) is 0 Å². The molecule has 0 amide bonds. The van der Waals surface area contributed by atoms with Crippen LogP contribution in [0.5, 0.6) is 5.75 Å². The standard InChI is InChI=1S/C18H26O2/c1-2-3-4-5-6-7-8-11-16-12-9-10-13-18(16)20-15-17-14-19-17/h8-13,17H,2-7,14-15H2,1H3/b11-8+. The fraction of sp³-hybridized carbons (Fsp3) is 0.556. The Morgan fingerprint density at radius 1 is 1.20 bits per heavy atom. The van der Waals surface area contributed by atoms with Crippen molar-refractivity contribution in [2.75, 3.05) is 13.2 Å². The Balaban J connectivity index is 1.72. The minimum Gasteiger partial charge on any atom is -0.490 e. The van der Waals surface area contributed by atoms with Crippen molar-refractivity contribution < 1.29 is 9.47 Å². The molecule has 1 atom stereocenters. The van der Waals surface area contributed by atoms with E-state index in [1.807, 2.05) is 12.1 Å². The first-order valence-electron chi connectivity index (χ1n) is 7.90. The highest BCUT2D eigenvalue weighted by Crippen LogP contribution is 2.21. The summed E-state index contributed by atoms with van der Waals surface area (Å²) in [7, 11) is 0. The Hall–Kier alpha value is -1.28. The van der Waals surface area contributed by atoms with Gasteiger partial charge in [0.2, 0.25) is 0 Å². The quantitative estimate of drug-likeness (QED) is 0.450. The second-order valence-corrected chi connectivity index (χ2v) is 5.41. The maximum Gasteiger partial charge on any atom is 0.126 e. The molecule has 1 aromatic rings. The van der Waals surface area contributed by atoms with Crippen molar-refractivity contribution in [1.82, 2.24) is 0 Å². The molecule has 0 aromatic heterocycles. The Kier molecular flexibility index (Phi) is 6.65. The normalized spacial score (nSPS) is 17.6. The summed E-state index contributed by atoms with van der Waals surface area (Å²) in [5, 5.41) is 0. The van der Waals surface area contributed by atoms with E-state index in [1.165, 1.54) is 37.7 Å². The number of rotatable bonds is 10. The zero-order chi connectivity index (χ0) is 14.0. The molecule has 0 spiro atoms. The summed E-state index contributed by atoms with van der Waals surface area (Å²) < 4.78 is 11.0. The molecule has 1 unspecified atom stereocenters. The number of allylic oxidation sites excluding steroid dienone is 1. The van der Waals surface area contributed by atoms with Crippen LogP contribution in [0.2, 0.25) is 0 Å². The van der Waals surface area contributed by atoms with E-state index in [-0.39, 0.29) is 0 Å². The third kappa shape index (κ3) is 5.79. The van der Waals surface area contributed by atoms with Crippen molar-refractivity contribution in [2.45, 2.75) is 51.6 Å². The lowest BCUT2D eigenvalue weighted by Crippen LogP contribution is -2.04. The summed E-state index contributed by atoms with van der Waals surface area (Å²) in [4.78, 5) is 0. The van der Waals surface area contributed by atoms with E-state index in [2.05, 4.69) is 31.2 Å². The first kappa shape index (κ1) is 15.1. The number of hydrogen-bond acceptors (Lipinski definition) is 2. The summed E-state index contributed by atoms with van der Waals surface area (Å²) in [5.41, 5.74) is 1.17. The Labute approximate surface area is 122 Å². The molecule has 1 aromatic carbocycles. The van der Waals surface area contributed by atoms with Gasteiger partial charge in [-0.05, 0) is 18.9 Å². The molecule has 0 bridgehead atoms. The lowest BCUT2D eigenvalue weighted by atomic mass is 10.1. The lowest BCUT2D eigenvalue weighted by molar-refractivity contribution is 0.262. The summed E-state index contributed by atoms with van der Waals surface area (Å²) in [5.74, 6) is 0.963. The van der Waals surface area contributed by atoms with E-state index < -0.39 is 0 Å². The highest BCUT2D eigenvalue weighted by molar-refractivity contribution is 5.57. The lowest BCUT2D eigenvalue weighted by Gasteiger charge is -2.07. The molecule has 0 N–H and O–H groups in total.